The lowest BCUT2D eigenvalue weighted by Gasteiger charge is -2.22. The lowest BCUT2D eigenvalue weighted by molar-refractivity contribution is 0.679. The average Bonchev–Trinajstić information content (AvgIpc) is 3.18. The van der Waals surface area contributed by atoms with Gasteiger partial charge in [0.2, 0.25) is 0 Å². The molecule has 4 heteroatoms. The average molecular weight is 232 g/mol. The first kappa shape index (κ1) is 12.0. The van der Waals surface area contributed by atoms with E-state index in [4.69, 9.17) is 0 Å². The predicted molar refractivity (Wildman–Crippen MR) is 70.0 cm³/mol. The van der Waals surface area contributed by atoms with Crippen molar-refractivity contribution in [3.63, 3.8) is 0 Å². The molecule has 0 saturated heterocycles. The van der Waals surface area contributed by atoms with Crippen LogP contribution in [0.3, 0.4) is 0 Å². The van der Waals surface area contributed by atoms with E-state index in [1.54, 1.807) is 6.33 Å². The Hall–Kier alpha value is -1.42. The fourth-order valence-electron chi connectivity index (χ4n) is 1.82. The molecule has 1 aromatic heterocycles. The number of likely N-dealkylation sites (N-methyl/N-ethyl adjacent to an activating group) is 1. The summed E-state index contributed by atoms with van der Waals surface area (Å²) in [7, 11) is 0. The van der Waals surface area contributed by atoms with Crippen LogP contribution in [-0.4, -0.2) is 29.1 Å². The molecule has 0 bridgehead atoms. The summed E-state index contributed by atoms with van der Waals surface area (Å²) >= 11 is 0. The normalized spacial score (nSPS) is 14.6. The third-order valence-electron chi connectivity index (χ3n) is 2.95. The predicted octanol–water partition coefficient (Wildman–Crippen LogP) is 1.74. The maximum Gasteiger partial charge on any atom is 0.136 e. The molecular formula is C13H20N4. The van der Waals surface area contributed by atoms with Gasteiger partial charge in [-0.2, -0.15) is 0 Å². The van der Waals surface area contributed by atoms with Crippen molar-refractivity contribution in [2.24, 2.45) is 0 Å². The van der Waals surface area contributed by atoms with E-state index < -0.39 is 0 Å². The molecule has 0 spiro atoms. The fraction of sp³-hybridized carbons (Fsp3) is 0.538. The number of anilines is 1. The topological polar surface area (TPSA) is 41.1 Å². The standard InChI is InChI=1S/C13H20N4/c1-3-7-17(4-2)13-11(8-14-10-16-13)9-15-12-5-6-12/h3,8,10,12,15H,1,4-7,9H2,2H3. The highest BCUT2D eigenvalue weighted by atomic mass is 15.2. The summed E-state index contributed by atoms with van der Waals surface area (Å²) in [5.74, 6) is 1.02. The van der Waals surface area contributed by atoms with Gasteiger partial charge in [-0.1, -0.05) is 6.08 Å². The highest BCUT2D eigenvalue weighted by Crippen LogP contribution is 2.21. The molecule has 17 heavy (non-hydrogen) atoms. The van der Waals surface area contributed by atoms with Crippen LogP contribution in [0.1, 0.15) is 25.3 Å². The number of nitrogens with zero attached hydrogens (tertiary/aromatic N) is 3. The number of nitrogens with one attached hydrogen (secondary N) is 1. The molecule has 0 unspecified atom stereocenters. The summed E-state index contributed by atoms with van der Waals surface area (Å²) in [5, 5.41) is 3.50. The largest absolute Gasteiger partial charge is 0.353 e. The van der Waals surface area contributed by atoms with Gasteiger partial charge in [0, 0.05) is 37.4 Å². The van der Waals surface area contributed by atoms with Crippen molar-refractivity contribution >= 4 is 5.82 Å². The first-order chi connectivity index (χ1) is 8.35. The van der Waals surface area contributed by atoms with E-state index in [1.165, 1.54) is 18.4 Å². The van der Waals surface area contributed by atoms with Gasteiger partial charge in [0.25, 0.3) is 0 Å². The molecule has 1 aliphatic carbocycles. The van der Waals surface area contributed by atoms with E-state index in [0.717, 1.165) is 25.5 Å². The minimum Gasteiger partial charge on any atom is -0.353 e. The van der Waals surface area contributed by atoms with Gasteiger partial charge in [-0.25, -0.2) is 9.97 Å². The summed E-state index contributed by atoms with van der Waals surface area (Å²) in [4.78, 5) is 10.7. The lowest BCUT2D eigenvalue weighted by atomic mass is 10.2. The highest BCUT2D eigenvalue weighted by molar-refractivity contribution is 5.45. The Balaban J connectivity index is 2.09. The smallest absolute Gasteiger partial charge is 0.136 e. The van der Waals surface area contributed by atoms with Crippen LogP contribution >= 0.6 is 0 Å². The van der Waals surface area contributed by atoms with Crippen molar-refractivity contribution in [3.05, 3.63) is 30.7 Å². The second-order valence-corrected chi connectivity index (χ2v) is 4.35. The Morgan fingerprint density at radius 2 is 2.41 bits per heavy atom. The van der Waals surface area contributed by atoms with Crippen LogP contribution in [0.15, 0.2) is 25.2 Å². The van der Waals surface area contributed by atoms with Gasteiger partial charge in [-0.05, 0) is 19.8 Å². The SMILES string of the molecule is C=CCN(CC)c1ncncc1CNC1CC1. The van der Waals surface area contributed by atoms with Crippen LogP contribution in [0.4, 0.5) is 5.82 Å². The summed E-state index contributed by atoms with van der Waals surface area (Å²) in [5.41, 5.74) is 1.17. The summed E-state index contributed by atoms with van der Waals surface area (Å²) in [6, 6.07) is 0.706. The Kier molecular flexibility index (Phi) is 4.09. The molecule has 0 radical (unpaired) electrons. The summed E-state index contributed by atoms with van der Waals surface area (Å²) < 4.78 is 0. The zero-order valence-corrected chi connectivity index (χ0v) is 10.4. The van der Waals surface area contributed by atoms with E-state index in [-0.39, 0.29) is 0 Å². The fourth-order valence-corrected chi connectivity index (χ4v) is 1.82. The van der Waals surface area contributed by atoms with Crippen LogP contribution in [0.5, 0.6) is 0 Å². The molecule has 1 saturated carbocycles. The van der Waals surface area contributed by atoms with Gasteiger partial charge in [0.05, 0.1) is 0 Å². The molecule has 0 amide bonds. The van der Waals surface area contributed by atoms with E-state index in [9.17, 15) is 0 Å². The lowest BCUT2D eigenvalue weighted by Crippen LogP contribution is -2.26. The van der Waals surface area contributed by atoms with Crippen molar-refractivity contribution in [3.8, 4) is 0 Å². The van der Waals surface area contributed by atoms with Crippen LogP contribution in [0.25, 0.3) is 0 Å². The van der Waals surface area contributed by atoms with Gasteiger partial charge in [0.1, 0.15) is 12.1 Å². The summed E-state index contributed by atoms with van der Waals surface area (Å²) in [6.45, 7) is 8.52. The first-order valence-electron chi connectivity index (χ1n) is 6.23. The highest BCUT2D eigenvalue weighted by Gasteiger charge is 2.21. The molecule has 0 aromatic carbocycles. The quantitative estimate of drug-likeness (QED) is 0.727. The second-order valence-electron chi connectivity index (χ2n) is 4.35. The number of hydrogen-bond donors (Lipinski definition) is 1. The Labute approximate surface area is 103 Å². The van der Waals surface area contributed by atoms with Crippen molar-refractivity contribution in [2.45, 2.75) is 32.4 Å². The van der Waals surface area contributed by atoms with E-state index in [0.29, 0.717) is 6.04 Å². The number of aromatic nitrogens is 2. The number of rotatable bonds is 7. The van der Waals surface area contributed by atoms with Crippen LogP contribution < -0.4 is 10.2 Å². The molecule has 1 aromatic rings. The monoisotopic (exact) mass is 232 g/mol. The van der Waals surface area contributed by atoms with Crippen LogP contribution in [0, 0.1) is 0 Å². The third-order valence-corrected chi connectivity index (χ3v) is 2.95. The van der Waals surface area contributed by atoms with Crippen molar-refractivity contribution in [1.29, 1.82) is 0 Å². The van der Waals surface area contributed by atoms with Crippen LogP contribution in [-0.2, 0) is 6.54 Å². The molecule has 1 heterocycles. The van der Waals surface area contributed by atoms with E-state index >= 15 is 0 Å². The molecule has 1 fully saturated rings. The zero-order chi connectivity index (χ0) is 12.1. The first-order valence-corrected chi connectivity index (χ1v) is 6.23. The molecule has 2 rings (SSSR count). The molecule has 0 aliphatic heterocycles. The minimum atomic E-state index is 0.706. The number of hydrogen-bond acceptors (Lipinski definition) is 4. The molecule has 1 N–H and O–H groups in total. The van der Waals surface area contributed by atoms with Gasteiger partial charge in [-0.3, -0.25) is 0 Å². The van der Waals surface area contributed by atoms with Crippen molar-refractivity contribution in [2.75, 3.05) is 18.0 Å². The minimum absolute atomic E-state index is 0.706. The maximum absolute atomic E-state index is 4.39. The van der Waals surface area contributed by atoms with Gasteiger partial charge in [0.15, 0.2) is 0 Å². The van der Waals surface area contributed by atoms with Crippen molar-refractivity contribution < 1.29 is 0 Å². The maximum atomic E-state index is 4.39. The van der Waals surface area contributed by atoms with Crippen molar-refractivity contribution in [1.82, 2.24) is 15.3 Å². The second kappa shape index (κ2) is 5.77. The molecule has 1 aliphatic rings. The zero-order valence-electron chi connectivity index (χ0n) is 10.4. The van der Waals surface area contributed by atoms with Gasteiger partial charge < -0.3 is 10.2 Å². The van der Waals surface area contributed by atoms with E-state index in [1.807, 2.05) is 12.3 Å². The summed E-state index contributed by atoms with van der Waals surface area (Å²) in [6.07, 6.45) is 8.02. The Bertz CT molecular complexity index is 373. The van der Waals surface area contributed by atoms with Gasteiger partial charge in [-0.15, -0.1) is 6.58 Å². The molecule has 4 nitrogen and oxygen atoms in total. The third kappa shape index (κ3) is 3.27. The van der Waals surface area contributed by atoms with Gasteiger partial charge >= 0.3 is 0 Å². The molecule has 0 atom stereocenters. The Morgan fingerprint density at radius 1 is 1.59 bits per heavy atom. The van der Waals surface area contributed by atoms with Crippen LogP contribution in [0.2, 0.25) is 0 Å². The molecular weight excluding hydrogens is 212 g/mol. The van der Waals surface area contributed by atoms with E-state index in [2.05, 4.69) is 33.7 Å². The Morgan fingerprint density at radius 3 is 3.06 bits per heavy atom. The molecule has 92 valence electrons.